The molecular formula is C16H14ClFN2O2S. The summed E-state index contributed by atoms with van der Waals surface area (Å²) in [7, 11) is 0. The molecular weight excluding hydrogens is 339 g/mol. The van der Waals surface area contributed by atoms with Gasteiger partial charge >= 0.3 is 0 Å². The molecule has 2 aromatic rings. The molecule has 2 rings (SSSR count). The second-order valence-corrected chi connectivity index (χ2v) is 6.04. The second-order valence-electron chi connectivity index (χ2n) is 4.65. The minimum absolute atomic E-state index is 0.0950. The molecule has 0 aromatic heterocycles. The number of carbonyl (C=O) groups excluding carboxylic acids is 2. The van der Waals surface area contributed by atoms with E-state index in [2.05, 4.69) is 5.32 Å². The SMILES string of the molecule is NC(=O)c1ccccc1NC(=O)CSCc1c(F)cccc1Cl. The number of para-hydroxylation sites is 1. The van der Waals surface area contributed by atoms with Crippen molar-refractivity contribution in [1.29, 1.82) is 0 Å². The van der Waals surface area contributed by atoms with Crippen molar-refractivity contribution in [3.8, 4) is 0 Å². The first kappa shape index (κ1) is 17.3. The van der Waals surface area contributed by atoms with E-state index in [1.807, 2.05) is 0 Å². The van der Waals surface area contributed by atoms with Crippen LogP contribution in [0.3, 0.4) is 0 Å². The maximum absolute atomic E-state index is 13.6. The van der Waals surface area contributed by atoms with Gasteiger partial charge in [0.05, 0.1) is 17.0 Å². The third-order valence-electron chi connectivity index (χ3n) is 3.01. The fraction of sp³-hybridized carbons (Fsp3) is 0.125. The molecule has 0 aliphatic heterocycles. The van der Waals surface area contributed by atoms with Crippen molar-refractivity contribution in [2.45, 2.75) is 5.75 Å². The van der Waals surface area contributed by atoms with E-state index < -0.39 is 11.7 Å². The van der Waals surface area contributed by atoms with Crippen molar-refractivity contribution >= 4 is 40.9 Å². The van der Waals surface area contributed by atoms with Gasteiger partial charge in [0.2, 0.25) is 5.91 Å². The zero-order chi connectivity index (χ0) is 16.8. The van der Waals surface area contributed by atoms with Crippen LogP contribution in [0.25, 0.3) is 0 Å². The number of primary amides is 1. The minimum atomic E-state index is -0.619. The van der Waals surface area contributed by atoms with E-state index >= 15 is 0 Å². The molecule has 4 nitrogen and oxygen atoms in total. The van der Waals surface area contributed by atoms with Crippen molar-refractivity contribution in [3.63, 3.8) is 0 Å². The van der Waals surface area contributed by atoms with Crippen LogP contribution in [0.5, 0.6) is 0 Å². The molecule has 0 atom stereocenters. The van der Waals surface area contributed by atoms with Gasteiger partial charge < -0.3 is 11.1 Å². The Bertz CT molecular complexity index is 720. The van der Waals surface area contributed by atoms with Gasteiger partial charge in [-0.2, -0.15) is 0 Å². The largest absolute Gasteiger partial charge is 0.366 e. The molecule has 0 saturated heterocycles. The highest BCUT2D eigenvalue weighted by atomic mass is 35.5. The third-order valence-corrected chi connectivity index (χ3v) is 4.32. The predicted octanol–water partition coefficient (Wildman–Crippen LogP) is 3.45. The van der Waals surface area contributed by atoms with Gasteiger partial charge in [0.1, 0.15) is 5.82 Å². The van der Waals surface area contributed by atoms with Crippen molar-refractivity contribution in [2.75, 3.05) is 11.1 Å². The van der Waals surface area contributed by atoms with Crippen molar-refractivity contribution in [2.24, 2.45) is 5.73 Å². The Morgan fingerprint density at radius 2 is 1.91 bits per heavy atom. The molecule has 0 fully saturated rings. The Morgan fingerprint density at radius 3 is 2.61 bits per heavy atom. The molecule has 0 spiro atoms. The van der Waals surface area contributed by atoms with E-state index in [0.717, 1.165) is 0 Å². The zero-order valence-electron chi connectivity index (χ0n) is 12.0. The third kappa shape index (κ3) is 4.71. The first-order chi connectivity index (χ1) is 11.0. The molecule has 0 aliphatic rings. The Labute approximate surface area is 142 Å². The number of anilines is 1. The summed E-state index contributed by atoms with van der Waals surface area (Å²) < 4.78 is 13.6. The summed E-state index contributed by atoms with van der Waals surface area (Å²) >= 11 is 7.15. The number of nitrogens with two attached hydrogens (primary N) is 1. The molecule has 2 aromatic carbocycles. The average molecular weight is 353 g/mol. The Morgan fingerprint density at radius 1 is 1.17 bits per heavy atom. The second kappa shape index (κ2) is 7.99. The number of carbonyl (C=O) groups is 2. The van der Waals surface area contributed by atoms with Crippen molar-refractivity contribution in [3.05, 3.63) is 64.4 Å². The smallest absolute Gasteiger partial charge is 0.250 e. The highest BCUT2D eigenvalue weighted by Gasteiger charge is 2.12. The van der Waals surface area contributed by atoms with Crippen LogP contribution in [0.15, 0.2) is 42.5 Å². The van der Waals surface area contributed by atoms with Gasteiger partial charge in [0.15, 0.2) is 0 Å². The molecule has 23 heavy (non-hydrogen) atoms. The quantitative estimate of drug-likeness (QED) is 0.836. The van der Waals surface area contributed by atoms with Crippen LogP contribution in [-0.4, -0.2) is 17.6 Å². The lowest BCUT2D eigenvalue weighted by atomic mass is 10.1. The van der Waals surface area contributed by atoms with Crippen LogP contribution < -0.4 is 11.1 Å². The summed E-state index contributed by atoms with van der Waals surface area (Å²) in [6.07, 6.45) is 0. The molecule has 120 valence electrons. The van der Waals surface area contributed by atoms with E-state index in [4.69, 9.17) is 17.3 Å². The molecule has 7 heteroatoms. The minimum Gasteiger partial charge on any atom is -0.366 e. The Kier molecular flexibility index (Phi) is 6.01. The van der Waals surface area contributed by atoms with E-state index in [0.29, 0.717) is 16.3 Å². The summed E-state index contributed by atoms with van der Waals surface area (Å²) in [5, 5.41) is 2.95. The van der Waals surface area contributed by atoms with Crippen LogP contribution in [0.2, 0.25) is 5.02 Å². The highest BCUT2D eigenvalue weighted by molar-refractivity contribution is 7.99. The summed E-state index contributed by atoms with van der Waals surface area (Å²) in [4.78, 5) is 23.2. The molecule has 3 N–H and O–H groups in total. The normalized spacial score (nSPS) is 10.3. The average Bonchev–Trinajstić information content (AvgIpc) is 2.50. The van der Waals surface area contributed by atoms with Gasteiger partial charge in [-0.15, -0.1) is 11.8 Å². The fourth-order valence-corrected chi connectivity index (χ4v) is 3.08. The van der Waals surface area contributed by atoms with E-state index in [9.17, 15) is 14.0 Å². The zero-order valence-corrected chi connectivity index (χ0v) is 13.6. The number of hydrogen-bond acceptors (Lipinski definition) is 3. The van der Waals surface area contributed by atoms with Crippen LogP contribution >= 0.6 is 23.4 Å². The van der Waals surface area contributed by atoms with Crippen LogP contribution in [0.1, 0.15) is 15.9 Å². The van der Waals surface area contributed by atoms with Crippen molar-refractivity contribution < 1.29 is 14.0 Å². The van der Waals surface area contributed by atoms with Gasteiger partial charge in [-0.05, 0) is 24.3 Å². The van der Waals surface area contributed by atoms with Crippen molar-refractivity contribution in [1.82, 2.24) is 0 Å². The van der Waals surface area contributed by atoms with Crippen LogP contribution in [-0.2, 0) is 10.5 Å². The summed E-state index contributed by atoms with van der Waals surface area (Å²) in [5.41, 5.74) is 6.21. The first-order valence-electron chi connectivity index (χ1n) is 6.68. The number of rotatable bonds is 6. The summed E-state index contributed by atoms with van der Waals surface area (Å²) in [6, 6.07) is 10.9. The van der Waals surface area contributed by atoms with E-state index in [1.54, 1.807) is 24.3 Å². The van der Waals surface area contributed by atoms with E-state index in [-0.39, 0.29) is 23.0 Å². The lowest BCUT2D eigenvalue weighted by Crippen LogP contribution is -2.19. The highest BCUT2D eigenvalue weighted by Crippen LogP contribution is 2.24. The topological polar surface area (TPSA) is 72.2 Å². The fourth-order valence-electron chi connectivity index (χ4n) is 1.91. The monoisotopic (exact) mass is 352 g/mol. The predicted molar refractivity (Wildman–Crippen MR) is 91.2 cm³/mol. The summed E-state index contributed by atoms with van der Waals surface area (Å²) in [5.74, 6) is -0.957. The number of nitrogens with one attached hydrogen (secondary N) is 1. The molecule has 2 amide bonds. The van der Waals surface area contributed by atoms with Gasteiger partial charge in [-0.1, -0.05) is 29.8 Å². The molecule has 0 radical (unpaired) electrons. The number of halogens is 2. The maximum Gasteiger partial charge on any atom is 0.250 e. The lowest BCUT2D eigenvalue weighted by Gasteiger charge is -2.09. The number of hydrogen-bond donors (Lipinski definition) is 2. The number of amides is 2. The molecule has 0 unspecified atom stereocenters. The standard InChI is InChI=1S/C16H14ClFN2O2S/c17-12-5-3-6-13(18)11(12)8-23-9-15(21)20-14-7-2-1-4-10(14)16(19)22/h1-7H,8-9H2,(H2,19,22)(H,20,21). The van der Waals surface area contributed by atoms with Gasteiger partial charge in [-0.25, -0.2) is 4.39 Å². The maximum atomic E-state index is 13.6. The van der Waals surface area contributed by atoms with Gasteiger partial charge in [-0.3, -0.25) is 9.59 Å². The number of benzene rings is 2. The first-order valence-corrected chi connectivity index (χ1v) is 8.21. The molecule has 0 heterocycles. The molecule has 0 saturated carbocycles. The van der Waals surface area contributed by atoms with Crippen LogP contribution in [0.4, 0.5) is 10.1 Å². The van der Waals surface area contributed by atoms with Gasteiger partial charge in [0, 0.05) is 16.3 Å². The summed E-state index contributed by atoms with van der Waals surface area (Å²) in [6.45, 7) is 0. The van der Waals surface area contributed by atoms with Crippen LogP contribution in [0, 0.1) is 5.82 Å². The molecule has 0 aliphatic carbocycles. The number of thioether (sulfide) groups is 1. The Balaban J connectivity index is 1.93. The lowest BCUT2D eigenvalue weighted by molar-refractivity contribution is -0.113. The van der Waals surface area contributed by atoms with E-state index in [1.165, 1.54) is 30.0 Å². The Hall–Kier alpha value is -2.05. The molecule has 0 bridgehead atoms. The van der Waals surface area contributed by atoms with Gasteiger partial charge in [0.25, 0.3) is 5.91 Å².